The smallest absolute Gasteiger partial charge is 0.354 e. The molecule has 1 amide bonds. The number of carbonyl (C=O) groups is 3. The minimum absolute atomic E-state index is 0.128. The third-order valence-corrected chi connectivity index (χ3v) is 4.18. The zero-order valence-electron chi connectivity index (χ0n) is 15.9. The van der Waals surface area contributed by atoms with Gasteiger partial charge in [-0.1, -0.05) is 0 Å². The maximum absolute atomic E-state index is 12.9. The van der Waals surface area contributed by atoms with Crippen LogP contribution in [0.3, 0.4) is 0 Å². The van der Waals surface area contributed by atoms with Gasteiger partial charge in [0.1, 0.15) is 12.3 Å². The molecule has 0 aromatic carbocycles. The lowest BCUT2D eigenvalue weighted by atomic mass is 10.0. The number of esters is 1. The van der Waals surface area contributed by atoms with Crippen molar-refractivity contribution >= 4 is 17.7 Å². The average molecular weight is 373 g/mol. The molecule has 0 aliphatic carbocycles. The number of Topliss-reactive ketones (excluding diaryl/α,β-unsaturated/α-hetero) is 1. The second-order valence-corrected chi connectivity index (χ2v) is 6.08. The van der Waals surface area contributed by atoms with Crippen LogP contribution >= 0.6 is 0 Å². The molecule has 0 radical (unpaired) electrons. The maximum Gasteiger partial charge on any atom is 0.354 e. The van der Waals surface area contributed by atoms with E-state index in [0.717, 1.165) is 5.56 Å². The number of rotatable bonds is 8. The molecule has 0 aliphatic heterocycles. The third-order valence-electron chi connectivity index (χ3n) is 4.18. The summed E-state index contributed by atoms with van der Waals surface area (Å²) in [6, 6.07) is 3.55. The average Bonchev–Trinajstić information content (AvgIpc) is 2.95. The molecule has 2 rings (SSSR count). The van der Waals surface area contributed by atoms with Gasteiger partial charge in [-0.25, -0.2) is 4.79 Å². The van der Waals surface area contributed by atoms with Gasteiger partial charge >= 0.3 is 5.97 Å². The van der Waals surface area contributed by atoms with Crippen LogP contribution in [0.1, 0.15) is 37.7 Å². The fourth-order valence-electron chi connectivity index (χ4n) is 2.88. The van der Waals surface area contributed by atoms with E-state index < -0.39 is 5.97 Å². The Morgan fingerprint density at radius 1 is 1.15 bits per heavy atom. The molecule has 8 heteroatoms. The number of methoxy groups -OCH3 is 2. The Morgan fingerprint density at radius 2 is 1.81 bits per heavy atom. The molecule has 8 nitrogen and oxygen atoms in total. The quantitative estimate of drug-likeness (QED) is 0.558. The summed E-state index contributed by atoms with van der Waals surface area (Å²) in [5, 5.41) is 0. The second kappa shape index (κ2) is 9.09. The van der Waals surface area contributed by atoms with Crippen LogP contribution in [0.15, 0.2) is 24.5 Å². The molecule has 0 saturated heterocycles. The molecule has 0 unspecified atom stereocenters. The standard InChI is InChI=1S/C19H23N3O5/c1-12-17(13(2)21-18(12)19(25)27-4)15(23)10-22(16(24)11-26-3)9-14-5-7-20-8-6-14/h5-8,21H,9-11H2,1-4H3. The number of amides is 1. The first-order valence-corrected chi connectivity index (χ1v) is 8.35. The van der Waals surface area contributed by atoms with Crippen LogP contribution in [-0.2, 0) is 20.8 Å². The van der Waals surface area contributed by atoms with E-state index in [0.29, 0.717) is 16.8 Å². The van der Waals surface area contributed by atoms with Crippen molar-refractivity contribution in [1.82, 2.24) is 14.9 Å². The molecule has 0 aliphatic rings. The fourth-order valence-corrected chi connectivity index (χ4v) is 2.88. The summed E-state index contributed by atoms with van der Waals surface area (Å²) in [7, 11) is 2.70. The lowest BCUT2D eigenvalue weighted by Gasteiger charge is -2.22. The summed E-state index contributed by atoms with van der Waals surface area (Å²) in [5.74, 6) is -1.12. The van der Waals surface area contributed by atoms with Crippen molar-refractivity contribution in [3.05, 3.63) is 52.6 Å². The van der Waals surface area contributed by atoms with E-state index in [-0.39, 0.29) is 37.1 Å². The van der Waals surface area contributed by atoms with Crippen LogP contribution in [0, 0.1) is 13.8 Å². The van der Waals surface area contributed by atoms with Crippen molar-refractivity contribution in [2.75, 3.05) is 27.4 Å². The molecule has 0 spiro atoms. The molecule has 0 bridgehead atoms. The molecule has 0 atom stereocenters. The van der Waals surface area contributed by atoms with Crippen molar-refractivity contribution in [3.8, 4) is 0 Å². The molecule has 0 saturated carbocycles. The molecule has 2 aromatic rings. The van der Waals surface area contributed by atoms with E-state index in [2.05, 4.69) is 9.97 Å². The SMILES string of the molecule is COCC(=O)N(CC(=O)c1c(C)[nH]c(C(=O)OC)c1C)Cc1ccncc1. The number of nitrogens with zero attached hydrogens (tertiary/aromatic N) is 2. The summed E-state index contributed by atoms with van der Waals surface area (Å²) < 4.78 is 9.65. The van der Waals surface area contributed by atoms with E-state index in [9.17, 15) is 14.4 Å². The topological polar surface area (TPSA) is 102 Å². The lowest BCUT2D eigenvalue weighted by molar-refractivity contribution is -0.135. The highest BCUT2D eigenvalue weighted by atomic mass is 16.5. The molecule has 1 N–H and O–H groups in total. The number of H-pyrrole nitrogens is 1. The van der Waals surface area contributed by atoms with E-state index in [1.54, 1.807) is 38.4 Å². The van der Waals surface area contributed by atoms with Gasteiger partial charge in [-0.3, -0.25) is 14.6 Å². The number of hydrogen-bond donors (Lipinski definition) is 1. The van der Waals surface area contributed by atoms with Gasteiger partial charge in [0, 0.05) is 37.3 Å². The molecule has 2 heterocycles. The number of hydrogen-bond acceptors (Lipinski definition) is 6. The van der Waals surface area contributed by atoms with Gasteiger partial charge in [-0.15, -0.1) is 0 Å². The van der Waals surface area contributed by atoms with Crippen LogP contribution in [0.4, 0.5) is 0 Å². The van der Waals surface area contributed by atoms with E-state index in [4.69, 9.17) is 9.47 Å². The van der Waals surface area contributed by atoms with Crippen molar-refractivity contribution in [3.63, 3.8) is 0 Å². The van der Waals surface area contributed by atoms with Gasteiger partial charge in [-0.2, -0.15) is 0 Å². The first-order valence-electron chi connectivity index (χ1n) is 8.35. The summed E-state index contributed by atoms with van der Waals surface area (Å²) in [6.07, 6.45) is 3.25. The Balaban J connectivity index is 2.26. The first kappa shape index (κ1) is 20.3. The van der Waals surface area contributed by atoms with E-state index >= 15 is 0 Å². The Bertz CT molecular complexity index is 829. The third kappa shape index (κ3) is 4.79. The summed E-state index contributed by atoms with van der Waals surface area (Å²) in [6.45, 7) is 3.37. The first-order chi connectivity index (χ1) is 12.9. The molecule has 27 heavy (non-hydrogen) atoms. The summed E-state index contributed by atoms with van der Waals surface area (Å²) >= 11 is 0. The molecular weight excluding hydrogens is 350 g/mol. The van der Waals surface area contributed by atoms with E-state index in [1.165, 1.54) is 19.1 Å². The zero-order chi connectivity index (χ0) is 20.0. The van der Waals surface area contributed by atoms with Crippen LogP contribution < -0.4 is 0 Å². The lowest BCUT2D eigenvalue weighted by Crippen LogP contribution is -2.37. The molecule has 0 fully saturated rings. The monoisotopic (exact) mass is 373 g/mol. The van der Waals surface area contributed by atoms with Crippen molar-refractivity contribution in [2.24, 2.45) is 0 Å². The van der Waals surface area contributed by atoms with Gasteiger partial charge < -0.3 is 19.4 Å². The number of pyridine rings is 1. The van der Waals surface area contributed by atoms with Gasteiger partial charge in [0.05, 0.1) is 13.7 Å². The number of nitrogens with one attached hydrogen (secondary N) is 1. The number of aromatic amines is 1. The van der Waals surface area contributed by atoms with Crippen LogP contribution in [0.5, 0.6) is 0 Å². The number of ether oxygens (including phenoxy) is 2. The highest BCUT2D eigenvalue weighted by Crippen LogP contribution is 2.20. The van der Waals surface area contributed by atoms with Crippen molar-refractivity contribution in [2.45, 2.75) is 20.4 Å². The molecular formula is C19H23N3O5. The van der Waals surface area contributed by atoms with Gasteiger partial charge in [0.25, 0.3) is 0 Å². The minimum Gasteiger partial charge on any atom is -0.464 e. The van der Waals surface area contributed by atoms with Crippen LogP contribution in [0.2, 0.25) is 0 Å². The summed E-state index contributed by atoms with van der Waals surface area (Å²) in [4.78, 5) is 45.4. The maximum atomic E-state index is 12.9. The number of aryl methyl sites for hydroxylation is 1. The predicted molar refractivity (Wildman–Crippen MR) is 97.5 cm³/mol. The van der Waals surface area contributed by atoms with E-state index in [1.807, 2.05) is 0 Å². The van der Waals surface area contributed by atoms with Gasteiger partial charge in [0.2, 0.25) is 5.91 Å². The Kier molecular flexibility index (Phi) is 6.84. The zero-order valence-corrected chi connectivity index (χ0v) is 15.9. The van der Waals surface area contributed by atoms with Gasteiger partial charge in [-0.05, 0) is 37.1 Å². The predicted octanol–water partition coefficient (Wildman–Crippen LogP) is 1.67. The number of ketones is 1. The Labute approximate surface area is 157 Å². The highest BCUT2D eigenvalue weighted by Gasteiger charge is 2.25. The highest BCUT2D eigenvalue weighted by molar-refractivity contribution is 6.04. The van der Waals surface area contributed by atoms with Crippen LogP contribution in [-0.4, -0.2) is 59.9 Å². The second-order valence-electron chi connectivity index (χ2n) is 6.08. The normalized spacial score (nSPS) is 10.5. The van der Waals surface area contributed by atoms with Crippen LogP contribution in [0.25, 0.3) is 0 Å². The Hall–Kier alpha value is -3.00. The number of aromatic nitrogens is 2. The molecule has 2 aromatic heterocycles. The minimum atomic E-state index is -0.543. The Morgan fingerprint density at radius 3 is 2.41 bits per heavy atom. The van der Waals surface area contributed by atoms with Crippen molar-refractivity contribution in [1.29, 1.82) is 0 Å². The largest absolute Gasteiger partial charge is 0.464 e. The fraction of sp³-hybridized carbons (Fsp3) is 0.368. The van der Waals surface area contributed by atoms with Crippen molar-refractivity contribution < 1.29 is 23.9 Å². The summed E-state index contributed by atoms with van der Waals surface area (Å²) in [5.41, 5.74) is 2.54. The van der Waals surface area contributed by atoms with Gasteiger partial charge in [0.15, 0.2) is 5.78 Å². The molecule has 144 valence electrons. The number of carbonyl (C=O) groups excluding carboxylic acids is 3.